The van der Waals surface area contributed by atoms with Crippen LogP contribution in [-0.4, -0.2) is 45.0 Å². The van der Waals surface area contributed by atoms with E-state index in [1.807, 2.05) is 24.9 Å². The first kappa shape index (κ1) is 15.3. The van der Waals surface area contributed by atoms with Gasteiger partial charge in [0.05, 0.1) is 5.75 Å². The van der Waals surface area contributed by atoms with Crippen molar-refractivity contribution in [2.75, 3.05) is 30.5 Å². The Morgan fingerprint density at radius 1 is 1.40 bits per heavy atom. The highest BCUT2D eigenvalue weighted by Crippen LogP contribution is 2.20. The van der Waals surface area contributed by atoms with Gasteiger partial charge in [0.25, 0.3) is 0 Å². The van der Waals surface area contributed by atoms with Crippen LogP contribution in [0.25, 0.3) is 0 Å². The van der Waals surface area contributed by atoms with E-state index in [0.29, 0.717) is 12.6 Å². The summed E-state index contributed by atoms with van der Waals surface area (Å²) in [7, 11) is -1.06. The summed E-state index contributed by atoms with van der Waals surface area (Å²) >= 11 is 0. The standard InChI is InChI=1S/C14H23N3O2S/c1-11-8-12(10-15-13-4-5-13)9-14(16-11)17(2)6-7-20(3,18)19/h8-9,13,15H,4-7,10H2,1-3H3. The van der Waals surface area contributed by atoms with Crippen molar-refractivity contribution in [3.8, 4) is 0 Å². The van der Waals surface area contributed by atoms with E-state index >= 15 is 0 Å². The zero-order valence-electron chi connectivity index (χ0n) is 12.4. The lowest BCUT2D eigenvalue weighted by atomic mass is 10.2. The second-order valence-corrected chi connectivity index (χ2v) is 7.94. The molecule has 0 saturated heterocycles. The number of hydrogen-bond donors (Lipinski definition) is 1. The maximum absolute atomic E-state index is 11.2. The van der Waals surface area contributed by atoms with Crippen molar-refractivity contribution in [3.63, 3.8) is 0 Å². The molecule has 2 rings (SSSR count). The van der Waals surface area contributed by atoms with Crippen LogP contribution in [0, 0.1) is 6.92 Å². The average Bonchev–Trinajstić information content (AvgIpc) is 3.16. The van der Waals surface area contributed by atoms with E-state index < -0.39 is 9.84 Å². The predicted octanol–water partition coefficient (Wildman–Crippen LogP) is 1.12. The number of nitrogens with zero attached hydrogens (tertiary/aromatic N) is 2. The van der Waals surface area contributed by atoms with Crippen LogP contribution in [0.3, 0.4) is 0 Å². The Bertz CT molecular complexity index is 568. The normalized spacial score (nSPS) is 15.3. The van der Waals surface area contributed by atoms with E-state index in [-0.39, 0.29) is 5.75 Å². The molecule has 20 heavy (non-hydrogen) atoms. The Labute approximate surface area is 121 Å². The summed E-state index contributed by atoms with van der Waals surface area (Å²) in [6, 6.07) is 4.78. The summed E-state index contributed by atoms with van der Waals surface area (Å²) in [5.41, 5.74) is 2.16. The Kier molecular flexibility index (Phi) is 4.65. The van der Waals surface area contributed by atoms with Gasteiger partial charge in [-0.25, -0.2) is 13.4 Å². The monoisotopic (exact) mass is 297 g/mol. The topological polar surface area (TPSA) is 62.3 Å². The minimum absolute atomic E-state index is 0.148. The van der Waals surface area contributed by atoms with E-state index in [2.05, 4.69) is 16.4 Å². The zero-order valence-corrected chi connectivity index (χ0v) is 13.2. The van der Waals surface area contributed by atoms with E-state index in [1.54, 1.807) is 0 Å². The molecule has 1 saturated carbocycles. The summed E-state index contributed by atoms with van der Waals surface area (Å²) < 4.78 is 22.5. The Balaban J connectivity index is 2.01. The van der Waals surface area contributed by atoms with Crippen molar-refractivity contribution in [1.29, 1.82) is 0 Å². The lowest BCUT2D eigenvalue weighted by Gasteiger charge is -2.19. The molecule has 1 heterocycles. The third kappa shape index (κ3) is 5.09. The molecule has 0 amide bonds. The van der Waals surface area contributed by atoms with Gasteiger partial charge in [-0.1, -0.05) is 0 Å². The molecule has 1 N–H and O–H groups in total. The lowest BCUT2D eigenvalue weighted by molar-refractivity contribution is 0.601. The first-order valence-electron chi connectivity index (χ1n) is 6.93. The SMILES string of the molecule is Cc1cc(CNC2CC2)cc(N(C)CCS(C)(=O)=O)n1. The van der Waals surface area contributed by atoms with Gasteiger partial charge >= 0.3 is 0 Å². The maximum atomic E-state index is 11.2. The summed E-state index contributed by atoms with van der Waals surface area (Å²) in [4.78, 5) is 6.38. The number of pyridine rings is 1. The molecule has 0 atom stereocenters. The molecule has 1 aliphatic carbocycles. The van der Waals surface area contributed by atoms with Crippen LogP contribution in [-0.2, 0) is 16.4 Å². The first-order valence-corrected chi connectivity index (χ1v) is 8.99. The smallest absolute Gasteiger partial charge is 0.149 e. The molecule has 0 aliphatic heterocycles. The highest BCUT2D eigenvalue weighted by Gasteiger charge is 2.20. The van der Waals surface area contributed by atoms with Gasteiger partial charge in [0, 0.05) is 38.1 Å². The molecule has 6 heteroatoms. The van der Waals surface area contributed by atoms with Crippen molar-refractivity contribution in [2.45, 2.75) is 32.4 Å². The third-order valence-corrected chi connectivity index (χ3v) is 4.28. The number of aromatic nitrogens is 1. The van der Waals surface area contributed by atoms with Crippen LogP contribution < -0.4 is 10.2 Å². The molecule has 0 radical (unpaired) electrons. The van der Waals surface area contributed by atoms with Crippen molar-refractivity contribution in [3.05, 3.63) is 23.4 Å². The molecule has 112 valence electrons. The Morgan fingerprint density at radius 3 is 2.70 bits per heavy atom. The van der Waals surface area contributed by atoms with Crippen LogP contribution in [0.1, 0.15) is 24.1 Å². The van der Waals surface area contributed by atoms with Gasteiger partial charge in [0.2, 0.25) is 0 Å². The number of nitrogens with one attached hydrogen (secondary N) is 1. The van der Waals surface area contributed by atoms with Crippen molar-refractivity contribution in [2.24, 2.45) is 0 Å². The fourth-order valence-corrected chi connectivity index (χ4v) is 2.59. The van der Waals surface area contributed by atoms with Crippen LogP contribution in [0.4, 0.5) is 5.82 Å². The molecule has 1 aliphatic rings. The summed E-state index contributed by atoms with van der Waals surface area (Å²) in [6.45, 7) is 3.28. The second-order valence-electron chi connectivity index (χ2n) is 5.68. The first-order chi connectivity index (χ1) is 9.33. The summed E-state index contributed by atoms with van der Waals surface area (Å²) in [5.74, 6) is 0.982. The Hall–Kier alpha value is -1.14. The van der Waals surface area contributed by atoms with E-state index in [0.717, 1.165) is 18.1 Å². The number of rotatable bonds is 7. The lowest BCUT2D eigenvalue weighted by Crippen LogP contribution is -2.26. The molecule has 1 aromatic rings. The summed E-state index contributed by atoms with van der Waals surface area (Å²) in [6.07, 6.45) is 3.80. The van der Waals surface area contributed by atoms with Crippen molar-refractivity contribution < 1.29 is 8.42 Å². The van der Waals surface area contributed by atoms with Gasteiger partial charge in [0.1, 0.15) is 15.7 Å². The van der Waals surface area contributed by atoms with Gasteiger partial charge in [-0.3, -0.25) is 0 Å². The quantitative estimate of drug-likeness (QED) is 0.817. The van der Waals surface area contributed by atoms with Crippen LogP contribution >= 0.6 is 0 Å². The van der Waals surface area contributed by atoms with E-state index in [4.69, 9.17) is 0 Å². The molecule has 1 aromatic heterocycles. The summed E-state index contributed by atoms with van der Waals surface area (Å²) in [5, 5.41) is 3.48. The largest absolute Gasteiger partial charge is 0.359 e. The number of sulfone groups is 1. The van der Waals surface area contributed by atoms with E-state index in [9.17, 15) is 8.42 Å². The molecule has 0 aromatic carbocycles. The van der Waals surface area contributed by atoms with Gasteiger partial charge < -0.3 is 10.2 Å². The molecule has 5 nitrogen and oxygen atoms in total. The van der Waals surface area contributed by atoms with Gasteiger partial charge in [0.15, 0.2) is 0 Å². The zero-order chi connectivity index (χ0) is 14.8. The van der Waals surface area contributed by atoms with Gasteiger partial charge in [-0.2, -0.15) is 0 Å². The highest BCUT2D eigenvalue weighted by molar-refractivity contribution is 7.90. The van der Waals surface area contributed by atoms with Crippen molar-refractivity contribution in [1.82, 2.24) is 10.3 Å². The van der Waals surface area contributed by atoms with Gasteiger partial charge in [-0.15, -0.1) is 0 Å². The number of anilines is 1. The second kappa shape index (κ2) is 6.10. The maximum Gasteiger partial charge on any atom is 0.149 e. The number of aryl methyl sites for hydroxylation is 1. The van der Waals surface area contributed by atoms with Crippen LogP contribution in [0.5, 0.6) is 0 Å². The molecular formula is C14H23N3O2S. The molecule has 0 bridgehead atoms. The molecular weight excluding hydrogens is 274 g/mol. The van der Waals surface area contributed by atoms with Crippen LogP contribution in [0.15, 0.2) is 12.1 Å². The third-order valence-electron chi connectivity index (χ3n) is 3.36. The predicted molar refractivity (Wildman–Crippen MR) is 81.8 cm³/mol. The fourth-order valence-electron chi connectivity index (χ4n) is 1.99. The average molecular weight is 297 g/mol. The van der Waals surface area contributed by atoms with E-state index in [1.165, 1.54) is 24.7 Å². The molecule has 0 spiro atoms. The molecule has 0 unspecified atom stereocenters. The fraction of sp³-hybridized carbons (Fsp3) is 0.643. The highest BCUT2D eigenvalue weighted by atomic mass is 32.2. The van der Waals surface area contributed by atoms with Crippen LogP contribution in [0.2, 0.25) is 0 Å². The van der Waals surface area contributed by atoms with Crippen molar-refractivity contribution >= 4 is 15.7 Å². The molecule has 1 fully saturated rings. The Morgan fingerprint density at radius 2 is 2.10 bits per heavy atom. The minimum atomic E-state index is -2.94. The van der Waals surface area contributed by atoms with Gasteiger partial charge in [-0.05, 0) is 37.5 Å². The number of hydrogen-bond acceptors (Lipinski definition) is 5. The minimum Gasteiger partial charge on any atom is -0.359 e.